The second kappa shape index (κ2) is 8.42. The van der Waals surface area contributed by atoms with Crippen molar-refractivity contribution in [2.45, 2.75) is 51.1 Å². The molecule has 4 fully saturated rings. The summed E-state index contributed by atoms with van der Waals surface area (Å²) in [4.78, 5) is 31.6. The minimum atomic E-state index is 0.142. The molecule has 0 radical (unpaired) electrons. The Morgan fingerprint density at radius 3 is 2.70 bits per heavy atom. The third-order valence-corrected chi connectivity index (χ3v) is 6.41. The summed E-state index contributed by atoms with van der Waals surface area (Å²) >= 11 is 0. The summed E-state index contributed by atoms with van der Waals surface area (Å²) in [6, 6.07) is 11.1. The van der Waals surface area contributed by atoms with Crippen molar-refractivity contribution in [3.63, 3.8) is 0 Å². The summed E-state index contributed by atoms with van der Waals surface area (Å²) in [5, 5.41) is 0. The van der Waals surface area contributed by atoms with Crippen molar-refractivity contribution < 1.29 is 9.59 Å². The van der Waals surface area contributed by atoms with Gasteiger partial charge in [0.05, 0.1) is 6.54 Å². The van der Waals surface area contributed by atoms with Crippen molar-refractivity contribution in [3.05, 3.63) is 35.9 Å². The van der Waals surface area contributed by atoms with Gasteiger partial charge in [0, 0.05) is 45.2 Å². The molecule has 5 nitrogen and oxygen atoms in total. The highest BCUT2D eigenvalue weighted by atomic mass is 16.2. The first-order valence-corrected chi connectivity index (χ1v) is 10.5. The second-order valence-corrected chi connectivity index (χ2v) is 8.44. The molecule has 0 unspecified atom stereocenters. The van der Waals surface area contributed by atoms with Gasteiger partial charge >= 0.3 is 0 Å². The Labute approximate surface area is 162 Å². The molecule has 4 heterocycles. The van der Waals surface area contributed by atoms with Crippen LogP contribution >= 0.6 is 0 Å². The maximum Gasteiger partial charge on any atom is 0.242 e. The molecule has 4 aliphatic rings. The molecule has 5 heteroatoms. The lowest BCUT2D eigenvalue weighted by atomic mass is 9.94. The summed E-state index contributed by atoms with van der Waals surface area (Å²) in [6.07, 6.45) is 6.06. The zero-order valence-electron chi connectivity index (χ0n) is 16.2. The number of carbonyl (C=O) groups is 2. The third kappa shape index (κ3) is 4.52. The molecule has 0 N–H and O–H groups in total. The Balaban J connectivity index is 1.39. The van der Waals surface area contributed by atoms with Crippen LogP contribution in [0, 0.1) is 5.92 Å². The maximum atomic E-state index is 13.0. The first kappa shape index (κ1) is 18.5. The van der Waals surface area contributed by atoms with Crippen LogP contribution in [0.3, 0.4) is 0 Å². The number of benzene rings is 1. The van der Waals surface area contributed by atoms with Gasteiger partial charge in [-0.25, -0.2) is 0 Å². The fourth-order valence-corrected chi connectivity index (χ4v) is 4.86. The average Bonchev–Trinajstić information content (AvgIpc) is 3.08. The third-order valence-electron chi connectivity index (χ3n) is 6.41. The van der Waals surface area contributed by atoms with Gasteiger partial charge in [0.25, 0.3) is 0 Å². The monoisotopic (exact) mass is 369 g/mol. The fourth-order valence-electron chi connectivity index (χ4n) is 4.86. The highest BCUT2D eigenvalue weighted by Crippen LogP contribution is 2.29. The van der Waals surface area contributed by atoms with Gasteiger partial charge in [-0.05, 0) is 37.2 Å². The smallest absolute Gasteiger partial charge is 0.242 e. The molecule has 0 saturated carbocycles. The van der Waals surface area contributed by atoms with E-state index in [1.807, 2.05) is 4.90 Å². The Morgan fingerprint density at radius 1 is 1.00 bits per heavy atom. The van der Waals surface area contributed by atoms with Gasteiger partial charge < -0.3 is 9.80 Å². The van der Waals surface area contributed by atoms with Crippen LogP contribution in [-0.4, -0.2) is 65.3 Å². The maximum absolute atomic E-state index is 13.0. The molecule has 5 rings (SSSR count). The Bertz CT molecular complexity index is 663. The van der Waals surface area contributed by atoms with Crippen molar-refractivity contribution in [3.8, 4) is 0 Å². The van der Waals surface area contributed by atoms with Crippen molar-refractivity contribution in [2.24, 2.45) is 5.92 Å². The van der Waals surface area contributed by atoms with Crippen LogP contribution in [0.4, 0.5) is 0 Å². The van der Waals surface area contributed by atoms with E-state index in [2.05, 4.69) is 35.2 Å². The van der Waals surface area contributed by atoms with Crippen LogP contribution in [0.15, 0.2) is 30.3 Å². The van der Waals surface area contributed by atoms with Crippen molar-refractivity contribution in [2.75, 3.05) is 32.7 Å². The molecule has 2 amide bonds. The molecule has 0 aromatic heterocycles. The molecule has 4 aliphatic heterocycles. The van der Waals surface area contributed by atoms with Crippen molar-refractivity contribution in [1.29, 1.82) is 0 Å². The lowest BCUT2D eigenvalue weighted by molar-refractivity contribution is -0.140. The molecule has 4 saturated heterocycles. The summed E-state index contributed by atoms with van der Waals surface area (Å²) < 4.78 is 0. The van der Waals surface area contributed by atoms with E-state index in [4.69, 9.17) is 0 Å². The molecule has 2 atom stereocenters. The minimum Gasteiger partial charge on any atom is -0.339 e. The number of nitrogens with zero attached hydrogens (tertiary/aromatic N) is 3. The molecule has 27 heavy (non-hydrogen) atoms. The van der Waals surface area contributed by atoms with Gasteiger partial charge in [0.2, 0.25) is 11.8 Å². The lowest BCUT2D eigenvalue weighted by Gasteiger charge is -2.36. The van der Waals surface area contributed by atoms with Gasteiger partial charge in [-0.15, -0.1) is 0 Å². The van der Waals surface area contributed by atoms with Gasteiger partial charge in [0.15, 0.2) is 0 Å². The largest absolute Gasteiger partial charge is 0.339 e. The number of amides is 2. The van der Waals surface area contributed by atoms with Crippen LogP contribution < -0.4 is 0 Å². The van der Waals surface area contributed by atoms with E-state index in [1.54, 1.807) is 4.90 Å². The summed E-state index contributed by atoms with van der Waals surface area (Å²) in [7, 11) is 0. The molecular formula is C22H31N3O2. The first-order chi connectivity index (χ1) is 13.2. The van der Waals surface area contributed by atoms with E-state index in [-0.39, 0.29) is 18.4 Å². The van der Waals surface area contributed by atoms with Gasteiger partial charge in [-0.2, -0.15) is 0 Å². The number of fused-ring (bicyclic) bond motifs is 4. The standard InChI is InChI=1S/C22H31N3O2/c26-21-9-5-2-6-12-23(21)17-22(27)25-15-19-10-11-20(16-25)24(14-19)13-18-7-3-1-4-8-18/h1,3-4,7-8,19-20H,2,5-6,9-17H2/t19-,20-/m0/s1. The van der Waals surface area contributed by atoms with E-state index in [9.17, 15) is 9.59 Å². The predicted octanol–water partition coefficient (Wildman–Crippen LogP) is 2.51. The molecule has 1 aromatic rings. The van der Waals surface area contributed by atoms with Crippen molar-refractivity contribution >= 4 is 11.8 Å². The van der Waals surface area contributed by atoms with E-state index >= 15 is 0 Å². The van der Waals surface area contributed by atoms with E-state index in [1.165, 1.54) is 18.4 Å². The van der Waals surface area contributed by atoms with Gasteiger partial charge in [-0.3, -0.25) is 14.5 Å². The molecule has 146 valence electrons. The highest BCUT2D eigenvalue weighted by molar-refractivity contribution is 5.85. The number of hydrogen-bond acceptors (Lipinski definition) is 3. The predicted molar refractivity (Wildman–Crippen MR) is 105 cm³/mol. The quantitative estimate of drug-likeness (QED) is 0.819. The summed E-state index contributed by atoms with van der Waals surface area (Å²) in [5.41, 5.74) is 1.35. The second-order valence-electron chi connectivity index (χ2n) is 8.44. The topological polar surface area (TPSA) is 43.9 Å². The number of carbonyl (C=O) groups excluding carboxylic acids is 2. The first-order valence-electron chi connectivity index (χ1n) is 10.5. The van der Waals surface area contributed by atoms with Crippen LogP contribution in [0.25, 0.3) is 0 Å². The fraction of sp³-hybridized carbons (Fsp3) is 0.636. The van der Waals surface area contributed by atoms with Gasteiger partial charge in [0.1, 0.15) is 0 Å². The molecule has 2 bridgehead atoms. The van der Waals surface area contributed by atoms with Crippen LogP contribution in [0.2, 0.25) is 0 Å². The average molecular weight is 370 g/mol. The van der Waals surface area contributed by atoms with Crippen LogP contribution in [0.5, 0.6) is 0 Å². The minimum absolute atomic E-state index is 0.142. The van der Waals surface area contributed by atoms with Gasteiger partial charge in [-0.1, -0.05) is 36.8 Å². The molecule has 1 aromatic carbocycles. The van der Waals surface area contributed by atoms with E-state index in [0.29, 0.717) is 18.4 Å². The molecule has 0 aliphatic carbocycles. The SMILES string of the molecule is O=C1CCCCCN1CC(=O)N1C[C@H]2CC[C@@H](C1)N(Cc1ccccc1)C2. The van der Waals surface area contributed by atoms with E-state index < -0.39 is 0 Å². The van der Waals surface area contributed by atoms with Crippen molar-refractivity contribution in [1.82, 2.24) is 14.7 Å². The number of piperidine rings is 1. The number of hydrogen-bond donors (Lipinski definition) is 0. The Morgan fingerprint density at radius 2 is 1.85 bits per heavy atom. The summed E-state index contributed by atoms with van der Waals surface area (Å²) in [6.45, 7) is 4.72. The Hall–Kier alpha value is -1.88. The zero-order chi connectivity index (χ0) is 18.6. The lowest BCUT2D eigenvalue weighted by Crippen LogP contribution is -2.46. The number of likely N-dealkylation sites (tertiary alicyclic amines) is 1. The highest BCUT2D eigenvalue weighted by Gasteiger charge is 2.36. The summed E-state index contributed by atoms with van der Waals surface area (Å²) in [5.74, 6) is 0.851. The van der Waals surface area contributed by atoms with E-state index in [0.717, 1.165) is 52.0 Å². The number of rotatable bonds is 4. The normalized spacial score (nSPS) is 26.7. The Kier molecular flexibility index (Phi) is 5.77. The molecule has 0 spiro atoms. The molecular weight excluding hydrogens is 338 g/mol. The zero-order valence-corrected chi connectivity index (χ0v) is 16.2. The van der Waals surface area contributed by atoms with Crippen LogP contribution in [-0.2, 0) is 16.1 Å². The van der Waals surface area contributed by atoms with Crippen LogP contribution in [0.1, 0.15) is 44.1 Å².